The average molecular weight is 633 g/mol. The van der Waals surface area contributed by atoms with E-state index in [1.807, 2.05) is 50.2 Å². The van der Waals surface area contributed by atoms with E-state index in [0.717, 1.165) is 38.5 Å². The Balaban J connectivity index is 0.00000282. The quantitative estimate of drug-likeness (QED) is 0.170. The smallest absolute Gasteiger partial charge is 0.295 e. The third-order valence-corrected chi connectivity index (χ3v) is 8.03. The van der Waals surface area contributed by atoms with Crippen molar-refractivity contribution < 1.29 is 33.7 Å². The fourth-order valence-corrected chi connectivity index (χ4v) is 5.73. The van der Waals surface area contributed by atoms with E-state index >= 15 is 0 Å². The molecule has 1 aliphatic rings. The van der Waals surface area contributed by atoms with Crippen LogP contribution in [-0.2, 0) is 22.4 Å². The van der Waals surface area contributed by atoms with Crippen molar-refractivity contribution in [1.82, 2.24) is 10.2 Å². The summed E-state index contributed by atoms with van der Waals surface area (Å²) < 4.78 is 16.0. The molecule has 2 atom stereocenters. The molecule has 3 aromatic carbocycles. The molecule has 3 aromatic rings. The number of ketones is 1. The third kappa shape index (κ3) is 9.81. The number of Topliss-reactive ketones (excluding diaryl/α,β-unsaturated/α-hetero) is 1. The minimum atomic E-state index is -0.964. The molecule has 0 saturated carbocycles. The van der Waals surface area contributed by atoms with Gasteiger partial charge in [0.1, 0.15) is 6.04 Å². The molecule has 0 bridgehead atoms. The third-order valence-electron chi connectivity index (χ3n) is 8.03. The lowest BCUT2D eigenvalue weighted by Crippen LogP contribution is -2.50. The van der Waals surface area contributed by atoms with Gasteiger partial charge in [0, 0.05) is 24.6 Å². The number of hydrogen-bond donors (Lipinski definition) is 2. The number of amides is 2. The zero-order valence-corrected chi connectivity index (χ0v) is 27.7. The number of carbonyl (C=O) groups is 3. The Morgan fingerprint density at radius 3 is 1.78 bits per heavy atom. The highest BCUT2D eigenvalue weighted by Gasteiger charge is 2.42. The van der Waals surface area contributed by atoms with Gasteiger partial charge in [-0.25, -0.2) is 0 Å². The van der Waals surface area contributed by atoms with Crippen molar-refractivity contribution in [3.8, 4) is 17.2 Å². The van der Waals surface area contributed by atoms with Crippen LogP contribution in [0.3, 0.4) is 0 Å². The van der Waals surface area contributed by atoms with Crippen LogP contribution in [0.1, 0.15) is 67.4 Å². The number of aliphatic hydroxyl groups excluding tert-OH is 1. The molecule has 248 valence electrons. The van der Waals surface area contributed by atoms with Crippen LogP contribution in [0.2, 0.25) is 0 Å². The normalized spacial score (nSPS) is 15.5. The number of aliphatic hydroxyl groups is 1. The number of ether oxygens (including phenoxy) is 3. The van der Waals surface area contributed by atoms with Crippen LogP contribution in [0.4, 0.5) is 0 Å². The number of nitrogens with one attached hydrogen (secondary N) is 1. The Labute approximate surface area is 272 Å². The summed E-state index contributed by atoms with van der Waals surface area (Å²) in [6.45, 7) is 3.89. The van der Waals surface area contributed by atoms with Gasteiger partial charge >= 0.3 is 0 Å². The van der Waals surface area contributed by atoms with Gasteiger partial charge in [-0.15, -0.1) is 0 Å². The first-order valence-electron chi connectivity index (χ1n) is 16.1. The van der Waals surface area contributed by atoms with E-state index in [1.165, 1.54) is 49.5 Å². The predicted octanol–water partition coefficient (Wildman–Crippen LogP) is 5.41. The van der Waals surface area contributed by atoms with Crippen LogP contribution in [0.15, 0.2) is 72.8 Å². The van der Waals surface area contributed by atoms with Gasteiger partial charge in [-0.2, -0.15) is 0 Å². The van der Waals surface area contributed by atoms with Crippen LogP contribution in [-0.4, -0.2) is 73.7 Å². The van der Waals surface area contributed by atoms with Crippen LogP contribution >= 0.6 is 0 Å². The van der Waals surface area contributed by atoms with E-state index in [9.17, 15) is 19.5 Å². The molecule has 2 amide bonds. The Kier molecular flexibility index (Phi) is 14.6. The summed E-state index contributed by atoms with van der Waals surface area (Å²) in [5.41, 5.74) is 2.51. The molecule has 1 aliphatic heterocycles. The predicted molar refractivity (Wildman–Crippen MR) is 179 cm³/mol. The maximum absolute atomic E-state index is 13.6. The van der Waals surface area contributed by atoms with E-state index in [2.05, 4.69) is 29.6 Å². The summed E-state index contributed by atoms with van der Waals surface area (Å²) in [7, 11) is 4.28. The van der Waals surface area contributed by atoms with Crippen molar-refractivity contribution in [3.05, 3.63) is 89.5 Å². The van der Waals surface area contributed by atoms with Crippen LogP contribution in [0, 0.1) is 0 Å². The Hall–Kier alpha value is -4.37. The number of β-amino-alcohol motifs (C(OH)–C–C–N with tert-alkyl or cyclic N) is 1. The van der Waals surface area contributed by atoms with Gasteiger partial charge in [0.25, 0.3) is 11.7 Å². The zero-order valence-electron chi connectivity index (χ0n) is 27.7. The lowest BCUT2D eigenvalue weighted by Gasteiger charge is -2.26. The first-order chi connectivity index (χ1) is 22.3. The molecular weight excluding hydrogens is 584 g/mol. The van der Waals surface area contributed by atoms with Crippen molar-refractivity contribution in [3.63, 3.8) is 0 Å². The van der Waals surface area contributed by atoms with Gasteiger partial charge in [-0.05, 0) is 61.8 Å². The number of likely N-dealkylation sites (tertiary alicyclic amines) is 1. The van der Waals surface area contributed by atoms with Gasteiger partial charge in [0.15, 0.2) is 11.5 Å². The number of benzene rings is 3. The topological polar surface area (TPSA) is 114 Å². The van der Waals surface area contributed by atoms with Crippen LogP contribution in [0.25, 0.3) is 0 Å². The molecule has 46 heavy (non-hydrogen) atoms. The fraction of sp³-hybridized carbons (Fsp3) is 0.432. The number of nitrogens with zero attached hydrogens (tertiary/aromatic N) is 1. The Morgan fingerprint density at radius 1 is 0.826 bits per heavy atom. The van der Waals surface area contributed by atoms with Gasteiger partial charge in [-0.1, -0.05) is 74.5 Å². The van der Waals surface area contributed by atoms with Crippen molar-refractivity contribution in [2.24, 2.45) is 0 Å². The molecule has 1 unspecified atom stereocenters. The van der Waals surface area contributed by atoms with E-state index < -0.39 is 23.8 Å². The molecule has 9 heteroatoms. The molecule has 0 radical (unpaired) electrons. The second-order valence-electron chi connectivity index (χ2n) is 11.1. The van der Waals surface area contributed by atoms with E-state index in [0.29, 0.717) is 5.75 Å². The van der Waals surface area contributed by atoms with Crippen LogP contribution in [0.5, 0.6) is 17.2 Å². The molecule has 0 aliphatic carbocycles. The van der Waals surface area contributed by atoms with E-state index in [-0.39, 0.29) is 42.0 Å². The first kappa shape index (κ1) is 36.1. The summed E-state index contributed by atoms with van der Waals surface area (Å²) in [5, 5.41) is 13.6. The fourth-order valence-electron chi connectivity index (χ4n) is 5.73. The summed E-state index contributed by atoms with van der Waals surface area (Å²) in [6, 6.07) is 22.2. The SMILES string of the molecule is CC.COc1cc(C(=O)C(=O)N2C[C@H](O)CC2C(=O)NC(CCCc2ccccc2)CCCc2ccccc2)cc(OC)c1OC. The van der Waals surface area contributed by atoms with Crippen molar-refractivity contribution >= 4 is 17.6 Å². The van der Waals surface area contributed by atoms with Crippen molar-refractivity contribution in [2.75, 3.05) is 27.9 Å². The Morgan fingerprint density at radius 2 is 1.33 bits per heavy atom. The number of hydrogen-bond acceptors (Lipinski definition) is 7. The summed E-state index contributed by atoms with van der Waals surface area (Å²) in [5.74, 6) is -1.32. The summed E-state index contributed by atoms with van der Waals surface area (Å²) in [4.78, 5) is 41.7. The second kappa shape index (κ2) is 18.6. The van der Waals surface area contributed by atoms with E-state index in [4.69, 9.17) is 14.2 Å². The summed E-state index contributed by atoms with van der Waals surface area (Å²) >= 11 is 0. The largest absolute Gasteiger partial charge is 0.493 e. The minimum Gasteiger partial charge on any atom is -0.493 e. The summed E-state index contributed by atoms with van der Waals surface area (Å²) in [6.07, 6.45) is 4.22. The highest BCUT2D eigenvalue weighted by molar-refractivity contribution is 6.43. The van der Waals surface area contributed by atoms with Gasteiger partial charge < -0.3 is 29.5 Å². The Bertz CT molecular complexity index is 1330. The van der Waals surface area contributed by atoms with Gasteiger partial charge in [0.05, 0.1) is 27.4 Å². The number of carbonyl (C=O) groups excluding carboxylic acids is 3. The van der Waals surface area contributed by atoms with Gasteiger partial charge in [0.2, 0.25) is 11.7 Å². The minimum absolute atomic E-state index is 0.0322. The number of methoxy groups -OCH3 is 3. The molecule has 4 rings (SSSR count). The van der Waals surface area contributed by atoms with Crippen molar-refractivity contribution in [2.45, 2.75) is 77.0 Å². The highest BCUT2D eigenvalue weighted by Crippen LogP contribution is 2.38. The number of aryl methyl sites for hydroxylation is 2. The standard InChI is InChI=1S/C35H42N2O7.C2H6/c1-42-30-20-26(21-31(43-2)33(30)44-3)32(39)35(41)37-23-28(38)22-29(37)34(40)36-27(18-10-16-24-12-6-4-7-13-24)19-11-17-25-14-8-5-9-15-25;1-2/h4-9,12-15,20-21,27-29,38H,10-11,16-19,22-23H2,1-3H3,(H,36,40);1-2H3/t28-,29?;/m1./s1. The average Bonchev–Trinajstić information content (AvgIpc) is 3.50. The molecule has 0 aromatic heterocycles. The van der Waals surface area contributed by atoms with Crippen LogP contribution < -0.4 is 19.5 Å². The molecular formula is C37H48N2O7. The lowest BCUT2D eigenvalue weighted by atomic mass is 9.98. The maximum Gasteiger partial charge on any atom is 0.295 e. The van der Waals surface area contributed by atoms with Gasteiger partial charge in [-0.3, -0.25) is 14.4 Å². The van der Waals surface area contributed by atoms with E-state index in [1.54, 1.807) is 0 Å². The molecule has 1 fully saturated rings. The monoisotopic (exact) mass is 632 g/mol. The molecule has 1 heterocycles. The lowest BCUT2D eigenvalue weighted by molar-refractivity contribution is -0.135. The molecule has 9 nitrogen and oxygen atoms in total. The molecule has 1 saturated heterocycles. The second-order valence-corrected chi connectivity index (χ2v) is 11.1. The van der Waals surface area contributed by atoms with Crippen molar-refractivity contribution in [1.29, 1.82) is 0 Å². The zero-order chi connectivity index (χ0) is 33.5. The number of rotatable bonds is 15. The maximum atomic E-state index is 13.6. The molecule has 2 N–H and O–H groups in total. The molecule has 0 spiro atoms. The highest BCUT2D eigenvalue weighted by atomic mass is 16.5. The first-order valence-corrected chi connectivity index (χ1v) is 16.1.